The van der Waals surface area contributed by atoms with Crippen molar-refractivity contribution in [1.82, 2.24) is 20.3 Å². The van der Waals surface area contributed by atoms with Gasteiger partial charge in [0.2, 0.25) is 0 Å². The molecular weight excluding hydrogens is 312 g/mol. The lowest BCUT2D eigenvalue weighted by Gasteiger charge is -2.07. The summed E-state index contributed by atoms with van der Waals surface area (Å²) in [5.41, 5.74) is 0.546. The Bertz CT molecular complexity index is 557. The summed E-state index contributed by atoms with van der Waals surface area (Å²) in [4.78, 5) is 12.0. The van der Waals surface area contributed by atoms with Crippen molar-refractivity contribution >= 4 is 21.8 Å². The van der Waals surface area contributed by atoms with Gasteiger partial charge in [-0.05, 0) is 18.2 Å². The third kappa shape index (κ3) is 3.78. The van der Waals surface area contributed by atoms with E-state index < -0.39 is 0 Å². The van der Waals surface area contributed by atoms with Crippen LogP contribution >= 0.6 is 15.9 Å². The monoisotopic (exact) mass is 324 g/mol. The summed E-state index contributed by atoms with van der Waals surface area (Å²) in [6.45, 7) is 1.06. The van der Waals surface area contributed by atoms with E-state index in [0.717, 1.165) is 4.47 Å². The summed E-state index contributed by atoms with van der Waals surface area (Å²) in [6.07, 6.45) is 3.34. The molecule has 1 aromatic carbocycles. The van der Waals surface area contributed by atoms with Gasteiger partial charge in [0, 0.05) is 22.8 Å². The van der Waals surface area contributed by atoms with E-state index in [9.17, 15) is 4.79 Å². The molecule has 0 unspecified atom stereocenters. The van der Waals surface area contributed by atoms with Gasteiger partial charge in [-0.25, -0.2) is 0 Å². The first-order valence-corrected chi connectivity index (χ1v) is 6.45. The van der Waals surface area contributed by atoms with Gasteiger partial charge in [0.05, 0.1) is 19.9 Å². The molecule has 1 amide bonds. The summed E-state index contributed by atoms with van der Waals surface area (Å²) in [5.74, 6) is 0.482. The zero-order valence-electron chi connectivity index (χ0n) is 10.3. The predicted octanol–water partition coefficient (Wildman–Crippen LogP) is 1.48. The third-order valence-electron chi connectivity index (χ3n) is 2.47. The topological polar surface area (TPSA) is 69.0 Å². The Morgan fingerprint density at radius 1 is 1.47 bits per heavy atom. The molecule has 1 heterocycles. The number of carbonyl (C=O) groups is 1. The maximum atomic E-state index is 12.0. The van der Waals surface area contributed by atoms with Gasteiger partial charge < -0.3 is 10.1 Å². The summed E-state index contributed by atoms with van der Waals surface area (Å²) < 4.78 is 7.57. The Morgan fingerprint density at radius 3 is 3.00 bits per heavy atom. The normalized spacial score (nSPS) is 10.2. The first kappa shape index (κ1) is 13.5. The van der Waals surface area contributed by atoms with E-state index in [-0.39, 0.29) is 5.91 Å². The van der Waals surface area contributed by atoms with Crippen LogP contribution in [0.5, 0.6) is 5.75 Å². The Hall–Kier alpha value is -1.89. The largest absolute Gasteiger partial charge is 0.497 e. The zero-order chi connectivity index (χ0) is 13.7. The van der Waals surface area contributed by atoms with Gasteiger partial charge in [0.25, 0.3) is 5.91 Å². The highest BCUT2D eigenvalue weighted by molar-refractivity contribution is 9.10. The second-order valence-corrected chi connectivity index (χ2v) is 4.72. The smallest absolute Gasteiger partial charge is 0.251 e. The number of rotatable bonds is 5. The minimum absolute atomic E-state index is 0.153. The van der Waals surface area contributed by atoms with E-state index in [1.54, 1.807) is 42.4 Å². The van der Waals surface area contributed by atoms with Crippen molar-refractivity contribution in [2.24, 2.45) is 0 Å². The number of nitrogens with zero attached hydrogens (tertiary/aromatic N) is 3. The summed E-state index contributed by atoms with van der Waals surface area (Å²) >= 11 is 3.34. The molecule has 0 saturated heterocycles. The highest BCUT2D eigenvalue weighted by Crippen LogP contribution is 2.21. The lowest BCUT2D eigenvalue weighted by atomic mass is 10.2. The lowest BCUT2D eigenvalue weighted by molar-refractivity contribution is 0.0951. The number of benzene rings is 1. The molecule has 0 spiro atoms. The first-order chi connectivity index (χ1) is 9.19. The average Bonchev–Trinajstić information content (AvgIpc) is 2.91. The Morgan fingerprint density at radius 2 is 2.32 bits per heavy atom. The Kier molecular flexibility index (Phi) is 4.51. The standard InChI is InChI=1S/C12H13BrN4O2/c1-19-11-7-9(6-10(13)8-11)12(18)14-2-4-17-5-3-15-16-17/h3,5-8H,2,4H2,1H3,(H,14,18). The predicted molar refractivity (Wildman–Crippen MR) is 73.0 cm³/mol. The number of carbonyl (C=O) groups excluding carboxylic acids is 1. The molecule has 0 saturated carbocycles. The van der Waals surface area contributed by atoms with Gasteiger partial charge in [0.15, 0.2) is 0 Å². The van der Waals surface area contributed by atoms with Crippen molar-refractivity contribution in [3.63, 3.8) is 0 Å². The maximum absolute atomic E-state index is 12.0. The molecule has 0 radical (unpaired) electrons. The molecule has 2 aromatic rings. The van der Waals surface area contributed by atoms with Crippen LogP contribution in [0.25, 0.3) is 0 Å². The molecule has 0 aliphatic rings. The van der Waals surface area contributed by atoms with Crippen LogP contribution in [0.4, 0.5) is 0 Å². The highest BCUT2D eigenvalue weighted by Gasteiger charge is 2.08. The highest BCUT2D eigenvalue weighted by atomic mass is 79.9. The van der Waals surface area contributed by atoms with Crippen LogP contribution in [0.3, 0.4) is 0 Å². The molecule has 1 aromatic heterocycles. The molecule has 2 rings (SSSR count). The van der Waals surface area contributed by atoms with E-state index >= 15 is 0 Å². The second-order valence-electron chi connectivity index (χ2n) is 3.80. The zero-order valence-corrected chi connectivity index (χ0v) is 11.9. The molecule has 0 aliphatic carbocycles. The molecule has 0 aliphatic heterocycles. The van der Waals surface area contributed by atoms with Gasteiger partial charge in [-0.15, -0.1) is 5.10 Å². The maximum Gasteiger partial charge on any atom is 0.251 e. The van der Waals surface area contributed by atoms with Crippen molar-refractivity contribution in [1.29, 1.82) is 0 Å². The summed E-state index contributed by atoms with van der Waals surface area (Å²) in [7, 11) is 1.56. The van der Waals surface area contributed by atoms with Gasteiger partial charge >= 0.3 is 0 Å². The van der Waals surface area contributed by atoms with Crippen molar-refractivity contribution in [3.8, 4) is 5.75 Å². The van der Waals surface area contributed by atoms with Crippen LogP contribution in [-0.2, 0) is 6.54 Å². The van der Waals surface area contributed by atoms with Gasteiger partial charge in [-0.2, -0.15) is 0 Å². The van der Waals surface area contributed by atoms with Crippen LogP contribution in [0, 0.1) is 0 Å². The quantitative estimate of drug-likeness (QED) is 0.904. The number of hydrogen-bond donors (Lipinski definition) is 1. The van der Waals surface area contributed by atoms with E-state index in [2.05, 4.69) is 31.6 Å². The van der Waals surface area contributed by atoms with Gasteiger partial charge in [-0.3, -0.25) is 9.48 Å². The Balaban J connectivity index is 1.94. The minimum Gasteiger partial charge on any atom is -0.497 e. The van der Waals surface area contributed by atoms with Crippen LogP contribution in [0.1, 0.15) is 10.4 Å². The SMILES string of the molecule is COc1cc(Br)cc(C(=O)NCCn2ccnn2)c1. The van der Waals surface area contributed by atoms with E-state index in [1.165, 1.54) is 0 Å². The fraction of sp³-hybridized carbons (Fsp3) is 0.250. The van der Waals surface area contributed by atoms with Gasteiger partial charge in [-0.1, -0.05) is 21.1 Å². The fourth-order valence-corrected chi connectivity index (χ4v) is 2.02. The van der Waals surface area contributed by atoms with E-state index in [4.69, 9.17) is 4.74 Å². The van der Waals surface area contributed by atoms with Crippen molar-refractivity contribution in [3.05, 3.63) is 40.6 Å². The van der Waals surface area contributed by atoms with E-state index in [1.807, 2.05) is 0 Å². The molecule has 19 heavy (non-hydrogen) atoms. The van der Waals surface area contributed by atoms with Crippen molar-refractivity contribution in [2.75, 3.05) is 13.7 Å². The van der Waals surface area contributed by atoms with Crippen LogP contribution in [0.2, 0.25) is 0 Å². The summed E-state index contributed by atoms with van der Waals surface area (Å²) in [5, 5.41) is 10.3. The van der Waals surface area contributed by atoms with E-state index in [0.29, 0.717) is 24.4 Å². The number of hydrogen-bond acceptors (Lipinski definition) is 4. The third-order valence-corrected chi connectivity index (χ3v) is 2.93. The molecule has 100 valence electrons. The Labute approximate surface area is 118 Å². The van der Waals surface area contributed by atoms with Crippen molar-refractivity contribution < 1.29 is 9.53 Å². The number of amides is 1. The number of halogens is 1. The molecule has 0 atom stereocenters. The molecular formula is C12H13BrN4O2. The first-order valence-electron chi connectivity index (χ1n) is 5.66. The molecule has 6 nitrogen and oxygen atoms in total. The van der Waals surface area contributed by atoms with Gasteiger partial charge in [0.1, 0.15) is 5.75 Å². The number of nitrogens with one attached hydrogen (secondary N) is 1. The van der Waals surface area contributed by atoms with Crippen molar-refractivity contribution in [2.45, 2.75) is 6.54 Å². The minimum atomic E-state index is -0.153. The molecule has 7 heteroatoms. The fourth-order valence-electron chi connectivity index (χ4n) is 1.55. The second kappa shape index (κ2) is 6.33. The lowest BCUT2D eigenvalue weighted by Crippen LogP contribution is -2.27. The average molecular weight is 325 g/mol. The molecule has 0 bridgehead atoms. The van der Waals surface area contributed by atoms with Crippen LogP contribution in [-0.4, -0.2) is 34.6 Å². The van der Waals surface area contributed by atoms with Crippen LogP contribution < -0.4 is 10.1 Å². The number of methoxy groups -OCH3 is 1. The number of ether oxygens (including phenoxy) is 1. The molecule has 0 fully saturated rings. The summed E-state index contributed by atoms with van der Waals surface area (Å²) in [6, 6.07) is 5.23. The number of aromatic nitrogens is 3. The van der Waals surface area contributed by atoms with Crippen LogP contribution in [0.15, 0.2) is 35.1 Å². The molecule has 1 N–H and O–H groups in total.